The number of aromatic amines is 1. The van der Waals surface area contributed by atoms with Crippen LogP contribution in [0.2, 0.25) is 0 Å². The fourth-order valence-electron chi connectivity index (χ4n) is 3.61. The third-order valence-corrected chi connectivity index (χ3v) is 6.17. The molecule has 0 fully saturated rings. The number of benzene rings is 2. The van der Waals surface area contributed by atoms with Crippen molar-refractivity contribution in [3.05, 3.63) is 71.9 Å². The molecule has 37 heavy (non-hydrogen) atoms. The number of hydrogen-bond donors (Lipinski definition) is 2. The van der Waals surface area contributed by atoms with Crippen LogP contribution in [0.1, 0.15) is 10.4 Å². The maximum absolute atomic E-state index is 12.5. The van der Waals surface area contributed by atoms with Gasteiger partial charge in [0.1, 0.15) is 5.82 Å². The van der Waals surface area contributed by atoms with Gasteiger partial charge in [0.05, 0.1) is 36.5 Å². The minimum atomic E-state index is -0.625. The number of amides is 1. The number of thiazole rings is 1. The van der Waals surface area contributed by atoms with Crippen molar-refractivity contribution in [3.8, 4) is 34.1 Å². The molecule has 10 nitrogen and oxygen atoms in total. The first-order valence-corrected chi connectivity index (χ1v) is 12.0. The molecule has 1 amide bonds. The van der Waals surface area contributed by atoms with Gasteiger partial charge in [0.2, 0.25) is 0 Å². The smallest absolute Gasteiger partial charge is 0.338 e. The first-order valence-electron chi connectivity index (χ1n) is 11.1. The molecular formula is C26H21N5O5S. The average molecular weight is 516 g/mol. The van der Waals surface area contributed by atoms with Crippen LogP contribution in [0.3, 0.4) is 0 Å². The van der Waals surface area contributed by atoms with Crippen LogP contribution in [0, 0.1) is 0 Å². The van der Waals surface area contributed by atoms with E-state index in [1.165, 1.54) is 11.3 Å². The van der Waals surface area contributed by atoms with E-state index in [0.717, 1.165) is 11.1 Å². The molecule has 0 saturated carbocycles. The lowest BCUT2D eigenvalue weighted by molar-refractivity contribution is -0.119. The van der Waals surface area contributed by atoms with Crippen LogP contribution in [0.5, 0.6) is 11.5 Å². The Balaban J connectivity index is 1.20. The van der Waals surface area contributed by atoms with E-state index in [2.05, 4.69) is 25.3 Å². The number of H-pyrrole nitrogens is 1. The van der Waals surface area contributed by atoms with Crippen molar-refractivity contribution in [1.29, 1.82) is 0 Å². The summed E-state index contributed by atoms with van der Waals surface area (Å²) in [7, 11) is 3.12. The number of ether oxygens (including phenoxy) is 3. The molecule has 2 aromatic carbocycles. The summed E-state index contributed by atoms with van der Waals surface area (Å²) >= 11 is 1.26. The van der Waals surface area contributed by atoms with Crippen molar-refractivity contribution >= 4 is 39.4 Å². The molecule has 0 aliphatic heterocycles. The lowest BCUT2D eigenvalue weighted by Gasteiger charge is -2.08. The number of aromatic nitrogens is 4. The first-order chi connectivity index (χ1) is 18.0. The van der Waals surface area contributed by atoms with E-state index in [1.54, 1.807) is 56.9 Å². The number of hydrogen-bond acceptors (Lipinski definition) is 9. The van der Waals surface area contributed by atoms with Crippen LogP contribution < -0.4 is 14.8 Å². The number of imidazole rings is 1. The van der Waals surface area contributed by atoms with Crippen molar-refractivity contribution in [2.24, 2.45) is 0 Å². The van der Waals surface area contributed by atoms with Crippen molar-refractivity contribution < 1.29 is 23.8 Å². The van der Waals surface area contributed by atoms with E-state index in [4.69, 9.17) is 14.2 Å². The molecule has 0 spiro atoms. The van der Waals surface area contributed by atoms with E-state index >= 15 is 0 Å². The zero-order chi connectivity index (χ0) is 25.8. The number of esters is 1. The standard InChI is InChI=1S/C26H21N5O5S/c1-34-21-8-6-15(11-22(21)35-2)20-14-37-26(30-20)31-23(32)13-36-25(33)16-5-7-18-19(10-16)29-24(28-18)17-4-3-9-27-12-17/h3-12,14H,13H2,1-2H3,(H,28,29)(H,30,31,32). The highest BCUT2D eigenvalue weighted by Gasteiger charge is 2.15. The van der Waals surface area contributed by atoms with E-state index in [9.17, 15) is 9.59 Å². The van der Waals surface area contributed by atoms with Crippen LogP contribution >= 0.6 is 11.3 Å². The van der Waals surface area contributed by atoms with Gasteiger partial charge in [-0.05, 0) is 48.5 Å². The van der Waals surface area contributed by atoms with Crippen LogP contribution in [0.4, 0.5) is 5.13 Å². The summed E-state index contributed by atoms with van der Waals surface area (Å²) in [6, 6.07) is 14.1. The Morgan fingerprint density at radius 1 is 1.00 bits per heavy atom. The number of methoxy groups -OCH3 is 2. The van der Waals surface area contributed by atoms with E-state index in [1.807, 2.05) is 23.6 Å². The second-order valence-electron chi connectivity index (χ2n) is 7.79. The molecule has 0 aliphatic rings. The van der Waals surface area contributed by atoms with Crippen molar-refractivity contribution in [2.45, 2.75) is 0 Å². The summed E-state index contributed by atoms with van der Waals surface area (Å²) in [5, 5.41) is 4.84. The minimum Gasteiger partial charge on any atom is -0.493 e. The molecule has 0 unspecified atom stereocenters. The number of carbonyl (C=O) groups is 2. The second kappa shape index (κ2) is 10.5. The van der Waals surface area contributed by atoms with Crippen molar-refractivity contribution in [1.82, 2.24) is 19.9 Å². The van der Waals surface area contributed by atoms with Gasteiger partial charge in [-0.3, -0.25) is 15.1 Å². The Morgan fingerprint density at radius 2 is 1.86 bits per heavy atom. The van der Waals surface area contributed by atoms with Gasteiger partial charge in [0.15, 0.2) is 23.2 Å². The first kappa shape index (κ1) is 23.9. The Bertz CT molecular complexity index is 1580. The van der Waals surface area contributed by atoms with Gasteiger partial charge in [0, 0.05) is 28.9 Å². The third kappa shape index (κ3) is 5.26. The fraction of sp³-hybridized carbons (Fsp3) is 0.115. The fourth-order valence-corrected chi connectivity index (χ4v) is 4.34. The van der Waals surface area contributed by atoms with Gasteiger partial charge in [0.25, 0.3) is 5.91 Å². The number of carbonyl (C=O) groups excluding carboxylic acids is 2. The largest absolute Gasteiger partial charge is 0.493 e. The SMILES string of the molecule is COc1ccc(-c2csc(NC(=O)COC(=O)c3ccc4nc(-c5cccnc5)[nH]c4c3)n2)cc1OC. The minimum absolute atomic E-state index is 0.298. The molecule has 2 N–H and O–H groups in total. The number of rotatable bonds is 8. The summed E-state index contributed by atoms with van der Waals surface area (Å²) in [6.07, 6.45) is 3.38. The molecule has 0 saturated heterocycles. The lowest BCUT2D eigenvalue weighted by atomic mass is 10.1. The summed E-state index contributed by atoms with van der Waals surface area (Å²) in [4.78, 5) is 41.1. The highest BCUT2D eigenvalue weighted by molar-refractivity contribution is 7.14. The van der Waals surface area contributed by atoms with Gasteiger partial charge in [-0.2, -0.15) is 0 Å². The lowest BCUT2D eigenvalue weighted by Crippen LogP contribution is -2.20. The Morgan fingerprint density at radius 3 is 2.65 bits per heavy atom. The Hall–Kier alpha value is -4.77. The number of nitrogens with one attached hydrogen (secondary N) is 2. The maximum atomic E-state index is 12.5. The zero-order valence-electron chi connectivity index (χ0n) is 19.8. The van der Waals surface area contributed by atoms with Crippen LogP contribution in [-0.4, -0.2) is 52.6 Å². The molecule has 5 rings (SSSR count). The molecule has 3 heterocycles. The predicted octanol–water partition coefficient (Wildman–Crippen LogP) is 4.56. The van der Waals surface area contributed by atoms with Crippen LogP contribution in [0.15, 0.2) is 66.3 Å². The molecule has 0 radical (unpaired) electrons. The highest BCUT2D eigenvalue weighted by atomic mass is 32.1. The van der Waals surface area contributed by atoms with Crippen LogP contribution in [0.25, 0.3) is 33.7 Å². The van der Waals surface area contributed by atoms with Gasteiger partial charge in [-0.15, -0.1) is 11.3 Å². The van der Waals surface area contributed by atoms with Gasteiger partial charge >= 0.3 is 5.97 Å². The second-order valence-corrected chi connectivity index (χ2v) is 8.65. The van der Waals surface area contributed by atoms with E-state index in [-0.39, 0.29) is 0 Å². The van der Waals surface area contributed by atoms with Gasteiger partial charge in [-0.1, -0.05) is 0 Å². The quantitative estimate of drug-likeness (QED) is 0.288. The van der Waals surface area contributed by atoms with Gasteiger partial charge in [-0.25, -0.2) is 14.8 Å². The van der Waals surface area contributed by atoms with Crippen molar-refractivity contribution in [2.75, 3.05) is 26.1 Å². The third-order valence-electron chi connectivity index (χ3n) is 5.42. The van der Waals surface area contributed by atoms with Crippen molar-refractivity contribution in [3.63, 3.8) is 0 Å². The topological polar surface area (TPSA) is 128 Å². The van der Waals surface area contributed by atoms with Crippen LogP contribution in [-0.2, 0) is 9.53 Å². The normalized spacial score (nSPS) is 10.8. The zero-order valence-corrected chi connectivity index (χ0v) is 20.7. The predicted molar refractivity (Wildman–Crippen MR) is 139 cm³/mol. The summed E-state index contributed by atoms with van der Waals surface area (Å²) < 4.78 is 15.8. The summed E-state index contributed by atoms with van der Waals surface area (Å²) in [5.41, 5.74) is 3.96. The number of fused-ring (bicyclic) bond motifs is 1. The molecular weight excluding hydrogens is 494 g/mol. The number of anilines is 1. The van der Waals surface area contributed by atoms with Gasteiger partial charge < -0.3 is 19.2 Å². The Kier molecular flexibility index (Phi) is 6.77. The molecule has 3 aromatic heterocycles. The molecule has 0 atom stereocenters. The number of pyridine rings is 1. The molecule has 0 aliphatic carbocycles. The highest BCUT2D eigenvalue weighted by Crippen LogP contribution is 2.33. The number of nitrogens with zero attached hydrogens (tertiary/aromatic N) is 3. The molecule has 0 bridgehead atoms. The van der Waals surface area contributed by atoms with E-state index in [0.29, 0.717) is 44.7 Å². The maximum Gasteiger partial charge on any atom is 0.338 e. The van der Waals surface area contributed by atoms with E-state index < -0.39 is 18.5 Å². The monoisotopic (exact) mass is 515 g/mol. The Labute approximate surface area is 215 Å². The molecule has 186 valence electrons. The molecule has 5 aromatic rings. The molecule has 11 heteroatoms. The average Bonchev–Trinajstić information content (AvgIpc) is 3.58. The summed E-state index contributed by atoms with van der Waals surface area (Å²) in [5.74, 6) is 0.705. The summed E-state index contributed by atoms with van der Waals surface area (Å²) in [6.45, 7) is -0.452.